The highest BCUT2D eigenvalue weighted by molar-refractivity contribution is 5.31. The van der Waals surface area contributed by atoms with Crippen molar-refractivity contribution < 1.29 is 9.13 Å². The van der Waals surface area contributed by atoms with Gasteiger partial charge in [0.2, 0.25) is 0 Å². The lowest BCUT2D eigenvalue weighted by Crippen LogP contribution is -2.13. The van der Waals surface area contributed by atoms with E-state index in [1.165, 1.54) is 12.7 Å². The highest BCUT2D eigenvalue weighted by Gasteiger charge is 2.08. The lowest BCUT2D eigenvalue weighted by atomic mass is 10.2. The van der Waals surface area contributed by atoms with Crippen LogP contribution in [0.4, 0.5) is 4.39 Å². The highest BCUT2D eigenvalue weighted by Crippen LogP contribution is 2.20. The van der Waals surface area contributed by atoms with Crippen LogP contribution in [-0.4, -0.2) is 18.2 Å². The fraction of sp³-hybridized carbons (Fsp3) is 0.375. The number of hydrogen-bond donors (Lipinski definition) is 1. The Balaban J connectivity index is 2.03. The van der Waals surface area contributed by atoms with Crippen LogP contribution in [0.1, 0.15) is 24.5 Å². The van der Waals surface area contributed by atoms with Gasteiger partial charge in [0.05, 0.1) is 13.7 Å². The summed E-state index contributed by atoms with van der Waals surface area (Å²) in [6.07, 6.45) is 5.14. The van der Waals surface area contributed by atoms with Gasteiger partial charge in [-0.1, -0.05) is 19.1 Å². The molecule has 0 atom stereocenters. The molecule has 2 aromatic rings. The number of hydrogen-bond acceptors (Lipinski definition) is 2. The number of rotatable bonds is 7. The van der Waals surface area contributed by atoms with Crippen molar-refractivity contribution in [2.75, 3.05) is 13.7 Å². The summed E-state index contributed by atoms with van der Waals surface area (Å²) in [6.45, 7) is 4.51. The summed E-state index contributed by atoms with van der Waals surface area (Å²) < 4.78 is 21.0. The molecular weight excluding hydrogens is 255 g/mol. The zero-order valence-corrected chi connectivity index (χ0v) is 12.0. The van der Waals surface area contributed by atoms with Gasteiger partial charge < -0.3 is 14.6 Å². The molecule has 0 aliphatic carbocycles. The van der Waals surface area contributed by atoms with Gasteiger partial charge in [0.25, 0.3) is 0 Å². The normalized spacial score (nSPS) is 10.8. The van der Waals surface area contributed by atoms with E-state index in [9.17, 15) is 4.39 Å². The van der Waals surface area contributed by atoms with Gasteiger partial charge in [-0.3, -0.25) is 0 Å². The van der Waals surface area contributed by atoms with Crippen molar-refractivity contribution in [3.63, 3.8) is 0 Å². The number of nitrogens with zero attached hydrogens (tertiary/aromatic N) is 1. The fourth-order valence-corrected chi connectivity index (χ4v) is 2.14. The van der Waals surface area contributed by atoms with Gasteiger partial charge in [-0.05, 0) is 30.7 Å². The number of ether oxygens (including phenoxy) is 1. The standard InChI is InChI=1S/C16H21FN2O/c1-3-8-18-10-13-7-9-19(11-13)12-14-5-4-6-15(20-2)16(14)17/h4-7,9,11,18H,3,8,10,12H2,1-2H3. The lowest BCUT2D eigenvalue weighted by molar-refractivity contribution is 0.383. The molecule has 0 spiro atoms. The third-order valence-corrected chi connectivity index (χ3v) is 3.18. The maximum Gasteiger partial charge on any atom is 0.170 e. The summed E-state index contributed by atoms with van der Waals surface area (Å²) in [4.78, 5) is 0. The van der Waals surface area contributed by atoms with Crippen molar-refractivity contribution in [3.05, 3.63) is 53.6 Å². The van der Waals surface area contributed by atoms with E-state index in [1.807, 2.05) is 23.0 Å². The summed E-state index contributed by atoms with van der Waals surface area (Å²) in [5.74, 6) is 0.00819. The predicted octanol–water partition coefficient (Wildman–Crippen LogP) is 3.18. The molecular formula is C16H21FN2O. The predicted molar refractivity (Wildman–Crippen MR) is 78.5 cm³/mol. The number of benzene rings is 1. The van der Waals surface area contributed by atoms with Crippen molar-refractivity contribution in [1.82, 2.24) is 9.88 Å². The SMILES string of the molecule is CCCNCc1ccn(Cc2cccc(OC)c2F)c1. The second-order valence-corrected chi connectivity index (χ2v) is 4.80. The second-order valence-electron chi connectivity index (χ2n) is 4.80. The molecule has 3 nitrogen and oxygen atoms in total. The van der Waals surface area contributed by atoms with Crippen LogP contribution in [0.3, 0.4) is 0 Å². The Bertz CT molecular complexity index is 551. The maximum absolute atomic E-state index is 14.1. The zero-order valence-electron chi connectivity index (χ0n) is 12.0. The van der Waals surface area contributed by atoms with E-state index in [4.69, 9.17) is 4.74 Å². The highest BCUT2D eigenvalue weighted by atomic mass is 19.1. The van der Waals surface area contributed by atoms with Crippen molar-refractivity contribution in [2.45, 2.75) is 26.4 Å². The molecule has 1 heterocycles. The van der Waals surface area contributed by atoms with Gasteiger partial charge in [0.1, 0.15) is 0 Å². The molecule has 0 saturated carbocycles. The van der Waals surface area contributed by atoms with E-state index < -0.39 is 0 Å². The van der Waals surface area contributed by atoms with Crippen LogP contribution in [0.15, 0.2) is 36.7 Å². The van der Waals surface area contributed by atoms with Crippen LogP contribution in [-0.2, 0) is 13.1 Å². The average Bonchev–Trinajstić information content (AvgIpc) is 2.89. The Morgan fingerprint density at radius 3 is 2.90 bits per heavy atom. The third-order valence-electron chi connectivity index (χ3n) is 3.18. The topological polar surface area (TPSA) is 26.2 Å². The van der Waals surface area contributed by atoms with E-state index in [2.05, 4.69) is 18.3 Å². The van der Waals surface area contributed by atoms with Crippen LogP contribution >= 0.6 is 0 Å². The van der Waals surface area contributed by atoms with Crippen molar-refractivity contribution in [2.24, 2.45) is 0 Å². The van der Waals surface area contributed by atoms with Crippen molar-refractivity contribution in [3.8, 4) is 5.75 Å². The summed E-state index contributed by atoms with van der Waals surface area (Å²) in [5, 5.41) is 3.35. The minimum Gasteiger partial charge on any atom is -0.494 e. The van der Waals surface area contributed by atoms with E-state index in [-0.39, 0.29) is 5.82 Å². The van der Waals surface area contributed by atoms with Gasteiger partial charge in [0, 0.05) is 24.5 Å². The number of halogens is 1. The number of nitrogens with one attached hydrogen (secondary N) is 1. The molecule has 1 aromatic carbocycles. The molecule has 108 valence electrons. The average molecular weight is 276 g/mol. The minimum absolute atomic E-state index is 0.283. The molecule has 0 aliphatic heterocycles. The zero-order chi connectivity index (χ0) is 14.4. The van der Waals surface area contributed by atoms with Gasteiger partial charge in [-0.25, -0.2) is 4.39 Å². The van der Waals surface area contributed by atoms with Crippen LogP contribution in [0, 0.1) is 5.82 Å². The van der Waals surface area contributed by atoms with Crippen LogP contribution < -0.4 is 10.1 Å². The Kier molecular flexibility index (Phi) is 5.18. The van der Waals surface area contributed by atoms with Crippen molar-refractivity contribution >= 4 is 0 Å². The molecule has 0 unspecified atom stereocenters. The lowest BCUT2D eigenvalue weighted by Gasteiger charge is -2.08. The molecule has 0 amide bonds. The van der Waals surface area contributed by atoms with Gasteiger partial charge in [0.15, 0.2) is 11.6 Å². The van der Waals surface area contributed by atoms with E-state index in [0.29, 0.717) is 17.9 Å². The van der Waals surface area contributed by atoms with Crippen LogP contribution in [0.25, 0.3) is 0 Å². The van der Waals surface area contributed by atoms with Crippen LogP contribution in [0.5, 0.6) is 5.75 Å². The maximum atomic E-state index is 14.1. The Hall–Kier alpha value is -1.81. The molecule has 0 radical (unpaired) electrons. The first kappa shape index (κ1) is 14.6. The van der Waals surface area contributed by atoms with Gasteiger partial charge >= 0.3 is 0 Å². The summed E-state index contributed by atoms with van der Waals surface area (Å²) >= 11 is 0. The Morgan fingerprint density at radius 1 is 1.30 bits per heavy atom. The smallest absolute Gasteiger partial charge is 0.170 e. The number of aromatic nitrogens is 1. The van der Waals surface area contributed by atoms with Crippen LogP contribution in [0.2, 0.25) is 0 Å². The monoisotopic (exact) mass is 276 g/mol. The molecule has 0 bridgehead atoms. The van der Waals surface area contributed by atoms with Gasteiger partial charge in [-0.2, -0.15) is 0 Å². The fourth-order valence-electron chi connectivity index (χ4n) is 2.14. The second kappa shape index (κ2) is 7.10. The van der Waals surface area contributed by atoms with Crippen molar-refractivity contribution in [1.29, 1.82) is 0 Å². The molecule has 0 aliphatic rings. The minimum atomic E-state index is -0.283. The largest absolute Gasteiger partial charge is 0.494 e. The molecule has 2 rings (SSSR count). The first-order valence-corrected chi connectivity index (χ1v) is 6.91. The van der Waals surface area contributed by atoms with E-state index >= 15 is 0 Å². The Morgan fingerprint density at radius 2 is 2.15 bits per heavy atom. The third kappa shape index (κ3) is 3.61. The van der Waals surface area contributed by atoms with Gasteiger partial charge in [-0.15, -0.1) is 0 Å². The quantitative estimate of drug-likeness (QED) is 0.786. The molecule has 4 heteroatoms. The number of methoxy groups -OCH3 is 1. The van der Waals surface area contributed by atoms with E-state index in [0.717, 1.165) is 19.5 Å². The van der Waals surface area contributed by atoms with E-state index in [1.54, 1.807) is 12.1 Å². The summed E-state index contributed by atoms with van der Waals surface area (Å²) in [7, 11) is 1.48. The molecule has 1 N–H and O–H groups in total. The Labute approximate surface area is 119 Å². The summed E-state index contributed by atoms with van der Waals surface area (Å²) in [6, 6.07) is 7.28. The first-order valence-electron chi connectivity index (χ1n) is 6.91. The molecule has 0 saturated heterocycles. The first-order chi connectivity index (χ1) is 9.74. The molecule has 20 heavy (non-hydrogen) atoms. The molecule has 0 fully saturated rings. The molecule has 1 aromatic heterocycles. The summed E-state index contributed by atoms with van der Waals surface area (Å²) in [5.41, 5.74) is 1.84.